The van der Waals surface area contributed by atoms with E-state index in [-0.39, 0.29) is 4.92 Å². The molecule has 0 aromatic rings. The maximum atomic E-state index is 10.1. The third-order valence-electron chi connectivity index (χ3n) is 1.23. The Labute approximate surface area is 52.8 Å². The summed E-state index contributed by atoms with van der Waals surface area (Å²) in [5, 5.41) is 10.1. The smallest absolute Gasteiger partial charge is 0.235 e. The molecule has 0 heterocycles. The highest BCUT2D eigenvalue weighted by atomic mass is 16.6. The molecule has 0 N–H and O–H groups in total. The zero-order valence-corrected chi connectivity index (χ0v) is 4.86. The first kappa shape index (κ1) is 6.01. The summed E-state index contributed by atoms with van der Waals surface area (Å²) in [7, 11) is 0. The van der Waals surface area contributed by atoms with Gasteiger partial charge in [-0.3, -0.25) is 10.1 Å². The van der Waals surface area contributed by atoms with Crippen LogP contribution in [0.4, 0.5) is 0 Å². The Morgan fingerprint density at radius 1 is 1.56 bits per heavy atom. The van der Waals surface area contributed by atoms with Crippen molar-refractivity contribution in [3.8, 4) is 0 Å². The number of hydrogen-bond acceptors (Lipinski definition) is 2. The second-order valence-corrected chi connectivity index (χ2v) is 1.90. The molecule has 3 nitrogen and oxygen atoms in total. The minimum absolute atomic E-state index is 0.278. The predicted octanol–water partition coefficient (Wildman–Crippen LogP) is 1.15. The van der Waals surface area contributed by atoms with Crippen LogP contribution in [0.5, 0.6) is 0 Å². The van der Waals surface area contributed by atoms with Crippen molar-refractivity contribution >= 4 is 0 Å². The minimum atomic E-state index is -0.491. The fraction of sp³-hybridized carbons (Fsp3) is 0.333. The molecular formula is C6H7NO2. The third-order valence-corrected chi connectivity index (χ3v) is 1.23. The van der Waals surface area contributed by atoms with Crippen LogP contribution in [-0.2, 0) is 0 Å². The largest absolute Gasteiger partial charge is 0.264 e. The normalized spacial score (nSPS) is 24.2. The molecule has 0 bridgehead atoms. The van der Waals surface area contributed by atoms with Crippen LogP contribution < -0.4 is 0 Å². The molecule has 0 fully saturated rings. The first-order chi connectivity index (χ1) is 4.30. The van der Waals surface area contributed by atoms with Crippen LogP contribution in [0.25, 0.3) is 0 Å². The number of nitro groups is 1. The lowest BCUT2D eigenvalue weighted by molar-refractivity contribution is -0.508. The van der Waals surface area contributed by atoms with Gasteiger partial charge >= 0.3 is 0 Å². The van der Waals surface area contributed by atoms with E-state index in [1.165, 1.54) is 0 Å². The van der Waals surface area contributed by atoms with Gasteiger partial charge in [0.2, 0.25) is 6.04 Å². The van der Waals surface area contributed by atoms with Crippen molar-refractivity contribution in [2.75, 3.05) is 0 Å². The van der Waals surface area contributed by atoms with Crippen LogP contribution in [0.2, 0.25) is 0 Å². The van der Waals surface area contributed by atoms with Crippen LogP contribution in [0, 0.1) is 10.1 Å². The molecule has 0 radical (unpaired) electrons. The van der Waals surface area contributed by atoms with Crippen molar-refractivity contribution in [2.24, 2.45) is 0 Å². The van der Waals surface area contributed by atoms with Gasteiger partial charge in [0.25, 0.3) is 0 Å². The van der Waals surface area contributed by atoms with E-state index in [1.54, 1.807) is 18.2 Å². The monoisotopic (exact) mass is 125 g/mol. The Balaban J connectivity index is 2.56. The molecule has 9 heavy (non-hydrogen) atoms. The topological polar surface area (TPSA) is 43.1 Å². The van der Waals surface area contributed by atoms with E-state index >= 15 is 0 Å². The van der Waals surface area contributed by atoms with Gasteiger partial charge in [0, 0.05) is 11.3 Å². The Morgan fingerprint density at radius 2 is 2.33 bits per heavy atom. The molecule has 1 aliphatic carbocycles. The summed E-state index contributed by atoms with van der Waals surface area (Å²) in [6.07, 6.45) is 7.45. The molecular weight excluding hydrogens is 118 g/mol. The van der Waals surface area contributed by atoms with E-state index in [0.29, 0.717) is 6.42 Å². The molecule has 3 heteroatoms. The van der Waals surface area contributed by atoms with Crippen molar-refractivity contribution < 1.29 is 4.92 Å². The summed E-state index contributed by atoms with van der Waals surface area (Å²) in [4.78, 5) is 9.80. The number of nitrogens with zero attached hydrogens (tertiary/aromatic N) is 1. The molecule has 0 aliphatic heterocycles. The van der Waals surface area contributed by atoms with Gasteiger partial charge in [0.15, 0.2) is 0 Å². The lowest BCUT2D eigenvalue weighted by Gasteiger charge is -2.02. The van der Waals surface area contributed by atoms with Gasteiger partial charge < -0.3 is 0 Å². The van der Waals surface area contributed by atoms with Gasteiger partial charge in [0.1, 0.15) is 0 Å². The molecule has 1 rings (SSSR count). The van der Waals surface area contributed by atoms with Crippen molar-refractivity contribution in [1.82, 2.24) is 0 Å². The molecule has 0 amide bonds. The summed E-state index contributed by atoms with van der Waals surface area (Å²) >= 11 is 0. The van der Waals surface area contributed by atoms with E-state index in [1.807, 2.05) is 6.08 Å². The number of hydrogen-bond donors (Lipinski definition) is 0. The molecule has 48 valence electrons. The van der Waals surface area contributed by atoms with Crippen LogP contribution in [0.1, 0.15) is 6.42 Å². The van der Waals surface area contributed by atoms with Gasteiger partial charge in [-0.25, -0.2) is 0 Å². The summed E-state index contributed by atoms with van der Waals surface area (Å²) in [6.45, 7) is 0. The molecule has 0 unspecified atom stereocenters. The average Bonchev–Trinajstić information content (AvgIpc) is 1.90. The quantitative estimate of drug-likeness (QED) is 0.389. The van der Waals surface area contributed by atoms with Gasteiger partial charge in [-0.05, 0) is 6.08 Å². The Kier molecular flexibility index (Phi) is 1.63. The molecule has 0 aromatic heterocycles. The van der Waals surface area contributed by atoms with E-state index in [2.05, 4.69) is 0 Å². The maximum absolute atomic E-state index is 10.1. The fourth-order valence-electron chi connectivity index (χ4n) is 0.724. The van der Waals surface area contributed by atoms with E-state index < -0.39 is 6.04 Å². The molecule has 0 saturated carbocycles. The fourth-order valence-corrected chi connectivity index (χ4v) is 0.724. The van der Waals surface area contributed by atoms with Crippen molar-refractivity contribution in [3.05, 3.63) is 34.4 Å². The van der Waals surface area contributed by atoms with Crippen LogP contribution in [0.15, 0.2) is 24.3 Å². The highest BCUT2D eigenvalue weighted by Crippen LogP contribution is 2.05. The van der Waals surface area contributed by atoms with Crippen molar-refractivity contribution in [2.45, 2.75) is 12.5 Å². The van der Waals surface area contributed by atoms with E-state index in [9.17, 15) is 10.1 Å². The third kappa shape index (κ3) is 1.38. The number of rotatable bonds is 1. The Bertz CT molecular complexity index is 172. The lowest BCUT2D eigenvalue weighted by Crippen LogP contribution is -2.16. The van der Waals surface area contributed by atoms with Gasteiger partial charge in [0.05, 0.1) is 0 Å². The van der Waals surface area contributed by atoms with Crippen molar-refractivity contribution in [3.63, 3.8) is 0 Å². The second kappa shape index (κ2) is 2.44. The van der Waals surface area contributed by atoms with Gasteiger partial charge in [-0.15, -0.1) is 0 Å². The summed E-state index contributed by atoms with van der Waals surface area (Å²) < 4.78 is 0. The average molecular weight is 125 g/mol. The van der Waals surface area contributed by atoms with Crippen LogP contribution in [-0.4, -0.2) is 11.0 Å². The van der Waals surface area contributed by atoms with E-state index in [4.69, 9.17) is 0 Å². The number of allylic oxidation sites excluding steroid dienone is 2. The molecule has 1 atom stereocenters. The summed E-state index contributed by atoms with van der Waals surface area (Å²) in [5.74, 6) is 0. The first-order valence-corrected chi connectivity index (χ1v) is 2.77. The van der Waals surface area contributed by atoms with Crippen LogP contribution >= 0.6 is 0 Å². The highest BCUT2D eigenvalue weighted by molar-refractivity contribution is 5.11. The molecule has 0 saturated heterocycles. The Morgan fingerprint density at radius 3 is 2.67 bits per heavy atom. The zero-order chi connectivity index (χ0) is 6.69. The van der Waals surface area contributed by atoms with Crippen LogP contribution in [0.3, 0.4) is 0 Å². The first-order valence-electron chi connectivity index (χ1n) is 2.77. The highest BCUT2D eigenvalue weighted by Gasteiger charge is 2.14. The van der Waals surface area contributed by atoms with Crippen molar-refractivity contribution in [1.29, 1.82) is 0 Å². The Hall–Kier alpha value is -1.12. The zero-order valence-electron chi connectivity index (χ0n) is 4.86. The SMILES string of the molecule is O=[N+]([O-])[C@@H]1C=CC=CC1. The maximum Gasteiger partial charge on any atom is 0.235 e. The second-order valence-electron chi connectivity index (χ2n) is 1.90. The van der Waals surface area contributed by atoms with Gasteiger partial charge in [-0.2, -0.15) is 0 Å². The summed E-state index contributed by atoms with van der Waals surface area (Å²) in [6, 6.07) is -0.491. The summed E-state index contributed by atoms with van der Waals surface area (Å²) in [5.41, 5.74) is 0. The minimum Gasteiger partial charge on any atom is -0.264 e. The lowest BCUT2D eigenvalue weighted by atomic mass is 10.1. The molecule has 1 aliphatic rings. The van der Waals surface area contributed by atoms with E-state index in [0.717, 1.165) is 0 Å². The predicted molar refractivity (Wildman–Crippen MR) is 33.7 cm³/mol. The van der Waals surface area contributed by atoms with Gasteiger partial charge in [-0.1, -0.05) is 18.2 Å². The molecule has 0 aromatic carbocycles. The standard InChI is InChI=1S/C6H7NO2/c8-7(9)6-4-2-1-3-5-6/h1-4,6H,5H2/t6-/m1/s1. The molecule has 0 spiro atoms.